The number of rotatable bonds is 10. The van der Waals surface area contributed by atoms with Gasteiger partial charge >= 0.3 is 6.03 Å². The SMILES string of the molecule is CCCCNC(=O)[NH2+]c1cccc(-c2c(C#N)c3ccc(OCC)cc3n2CCCC)c1. The minimum atomic E-state index is -0.0935. The largest absolute Gasteiger partial charge is 0.494 e. The number of nitrogens with two attached hydrogens (primary N) is 1. The van der Waals surface area contributed by atoms with E-state index in [-0.39, 0.29) is 6.03 Å². The summed E-state index contributed by atoms with van der Waals surface area (Å²) in [6, 6.07) is 16.1. The number of hydrogen-bond donors (Lipinski definition) is 2. The van der Waals surface area contributed by atoms with Gasteiger partial charge in [-0.2, -0.15) is 5.26 Å². The minimum absolute atomic E-state index is 0.0935. The van der Waals surface area contributed by atoms with Crippen molar-refractivity contribution in [3.05, 3.63) is 48.0 Å². The van der Waals surface area contributed by atoms with Crippen LogP contribution in [0.5, 0.6) is 5.75 Å². The van der Waals surface area contributed by atoms with Crippen LogP contribution >= 0.6 is 0 Å². The van der Waals surface area contributed by atoms with E-state index >= 15 is 0 Å². The summed E-state index contributed by atoms with van der Waals surface area (Å²) in [7, 11) is 0. The molecule has 0 aliphatic heterocycles. The van der Waals surface area contributed by atoms with Gasteiger partial charge in [0.25, 0.3) is 0 Å². The molecule has 0 saturated carbocycles. The zero-order chi connectivity index (χ0) is 22.9. The van der Waals surface area contributed by atoms with Crippen LogP contribution in [0.3, 0.4) is 0 Å². The predicted molar refractivity (Wildman–Crippen MR) is 128 cm³/mol. The molecule has 32 heavy (non-hydrogen) atoms. The second-order valence-corrected chi connectivity index (χ2v) is 7.87. The Hall–Kier alpha value is -3.30. The maximum absolute atomic E-state index is 12.3. The van der Waals surface area contributed by atoms with Crippen molar-refractivity contribution < 1.29 is 14.8 Å². The number of unbranched alkanes of at least 4 members (excludes halogenated alkanes) is 2. The molecule has 1 aromatic heterocycles. The number of hydrogen-bond acceptors (Lipinski definition) is 3. The van der Waals surface area contributed by atoms with E-state index in [0.717, 1.165) is 65.8 Å². The second kappa shape index (κ2) is 11.4. The van der Waals surface area contributed by atoms with E-state index in [1.54, 1.807) is 5.32 Å². The zero-order valence-corrected chi connectivity index (χ0v) is 19.3. The molecule has 0 aliphatic carbocycles. The Labute approximate surface area is 190 Å². The fourth-order valence-corrected chi connectivity index (χ4v) is 3.91. The van der Waals surface area contributed by atoms with Gasteiger partial charge in [-0.25, -0.2) is 10.1 Å². The number of aryl methyl sites for hydroxylation is 1. The zero-order valence-electron chi connectivity index (χ0n) is 19.3. The summed E-state index contributed by atoms with van der Waals surface area (Å²) < 4.78 is 7.94. The van der Waals surface area contributed by atoms with Crippen LogP contribution in [0.15, 0.2) is 42.5 Å². The van der Waals surface area contributed by atoms with Crippen molar-refractivity contribution >= 4 is 22.6 Å². The highest BCUT2D eigenvalue weighted by molar-refractivity contribution is 5.95. The number of benzene rings is 2. The van der Waals surface area contributed by atoms with Crippen molar-refractivity contribution in [2.75, 3.05) is 13.2 Å². The lowest BCUT2D eigenvalue weighted by Crippen LogP contribution is -2.85. The van der Waals surface area contributed by atoms with E-state index in [2.05, 4.69) is 29.8 Å². The molecule has 6 heteroatoms. The summed E-state index contributed by atoms with van der Waals surface area (Å²) in [5.74, 6) is 0.803. The van der Waals surface area contributed by atoms with Gasteiger partial charge in [0.2, 0.25) is 0 Å². The average Bonchev–Trinajstić information content (AvgIpc) is 3.11. The van der Waals surface area contributed by atoms with Crippen molar-refractivity contribution in [2.24, 2.45) is 0 Å². The highest BCUT2D eigenvalue weighted by atomic mass is 16.5. The van der Waals surface area contributed by atoms with Gasteiger partial charge in [-0.05, 0) is 38.0 Å². The van der Waals surface area contributed by atoms with Crippen molar-refractivity contribution in [1.82, 2.24) is 9.88 Å². The van der Waals surface area contributed by atoms with Crippen LogP contribution in [0, 0.1) is 11.3 Å². The van der Waals surface area contributed by atoms with E-state index in [4.69, 9.17) is 4.74 Å². The van der Waals surface area contributed by atoms with Crippen LogP contribution < -0.4 is 15.4 Å². The van der Waals surface area contributed by atoms with E-state index in [1.807, 2.05) is 49.4 Å². The summed E-state index contributed by atoms with van der Waals surface area (Å²) >= 11 is 0. The molecule has 0 spiro atoms. The number of aromatic nitrogens is 1. The normalized spacial score (nSPS) is 10.8. The van der Waals surface area contributed by atoms with Crippen molar-refractivity contribution in [3.63, 3.8) is 0 Å². The van der Waals surface area contributed by atoms with Crippen molar-refractivity contribution in [1.29, 1.82) is 5.26 Å². The first kappa shape index (κ1) is 23.4. The third-order valence-electron chi connectivity index (χ3n) is 5.48. The first-order valence-corrected chi connectivity index (χ1v) is 11.5. The molecule has 0 fully saturated rings. The summed E-state index contributed by atoms with van der Waals surface area (Å²) in [5, 5.41) is 15.5. The maximum Gasteiger partial charge on any atom is 0.418 e. The summed E-state index contributed by atoms with van der Waals surface area (Å²) in [6.45, 7) is 8.31. The highest BCUT2D eigenvalue weighted by Gasteiger charge is 2.20. The summed E-state index contributed by atoms with van der Waals surface area (Å²) in [4.78, 5) is 12.3. The van der Waals surface area contributed by atoms with Crippen LogP contribution in [0.4, 0.5) is 10.5 Å². The third-order valence-corrected chi connectivity index (χ3v) is 5.48. The van der Waals surface area contributed by atoms with Gasteiger partial charge in [-0.1, -0.05) is 38.8 Å². The van der Waals surface area contributed by atoms with Crippen molar-refractivity contribution in [2.45, 2.75) is 53.0 Å². The van der Waals surface area contributed by atoms with Crippen LogP contribution in [-0.4, -0.2) is 23.7 Å². The Kier molecular flexibility index (Phi) is 8.29. The Morgan fingerprint density at radius 1 is 1.12 bits per heavy atom. The number of carbonyl (C=O) groups is 1. The average molecular weight is 434 g/mol. The van der Waals surface area contributed by atoms with Gasteiger partial charge in [-0.3, -0.25) is 0 Å². The molecule has 2 amide bonds. The lowest BCUT2D eigenvalue weighted by atomic mass is 10.1. The molecule has 3 rings (SSSR count). The molecule has 168 valence electrons. The number of ether oxygens (including phenoxy) is 1. The van der Waals surface area contributed by atoms with E-state index < -0.39 is 0 Å². The fraction of sp³-hybridized carbons (Fsp3) is 0.385. The van der Waals surface area contributed by atoms with E-state index in [1.165, 1.54) is 0 Å². The Morgan fingerprint density at radius 3 is 2.66 bits per heavy atom. The Balaban J connectivity index is 2.05. The standard InChI is InChI=1S/C26H32N4O2/c1-4-7-14-28-26(31)29-20-11-9-10-19(16-20)25-23(18-27)22-13-12-21(32-6-3)17-24(22)30(25)15-8-5-2/h9-13,16-17H,4-8,14-15H2,1-3H3,(H2,28,29,31)/p+1. The Morgan fingerprint density at radius 2 is 1.94 bits per heavy atom. The fourth-order valence-electron chi connectivity index (χ4n) is 3.91. The number of urea groups is 1. The molecule has 0 saturated heterocycles. The van der Waals surface area contributed by atoms with Gasteiger partial charge in [-0.15, -0.1) is 0 Å². The van der Waals surface area contributed by atoms with E-state index in [0.29, 0.717) is 18.7 Å². The van der Waals surface area contributed by atoms with Gasteiger partial charge in [0.15, 0.2) is 0 Å². The molecule has 1 heterocycles. The number of primary amides is 1. The summed E-state index contributed by atoms with van der Waals surface area (Å²) in [6.07, 6.45) is 4.07. The molecule has 0 radical (unpaired) electrons. The molecule has 0 unspecified atom stereocenters. The minimum Gasteiger partial charge on any atom is -0.494 e. The highest BCUT2D eigenvalue weighted by Crippen LogP contribution is 2.36. The lowest BCUT2D eigenvalue weighted by molar-refractivity contribution is -0.464. The van der Waals surface area contributed by atoms with Gasteiger partial charge < -0.3 is 14.6 Å². The molecule has 3 N–H and O–H groups in total. The predicted octanol–water partition coefficient (Wildman–Crippen LogP) is 5.08. The van der Waals surface area contributed by atoms with Crippen molar-refractivity contribution in [3.8, 4) is 23.1 Å². The number of amides is 2. The number of nitrogens with zero attached hydrogens (tertiary/aromatic N) is 2. The molecule has 0 bridgehead atoms. The lowest BCUT2D eigenvalue weighted by Gasteiger charge is -2.12. The quantitative estimate of drug-likeness (QED) is 0.345. The number of carbonyl (C=O) groups excluding carboxylic acids is 1. The topological polar surface area (TPSA) is 83.7 Å². The van der Waals surface area contributed by atoms with Crippen LogP contribution in [0.2, 0.25) is 0 Å². The van der Waals surface area contributed by atoms with E-state index in [9.17, 15) is 10.1 Å². The number of fused-ring (bicyclic) bond motifs is 1. The smallest absolute Gasteiger partial charge is 0.418 e. The molecule has 0 atom stereocenters. The molecule has 3 aromatic rings. The Bertz CT molecular complexity index is 1110. The van der Waals surface area contributed by atoms with Crippen LogP contribution in [0.1, 0.15) is 52.0 Å². The monoisotopic (exact) mass is 433 g/mol. The first-order chi connectivity index (χ1) is 15.6. The third kappa shape index (κ3) is 5.30. The molecule has 6 nitrogen and oxygen atoms in total. The molecular formula is C26H33N4O2+. The second-order valence-electron chi connectivity index (χ2n) is 7.87. The first-order valence-electron chi connectivity index (χ1n) is 11.5. The maximum atomic E-state index is 12.3. The van der Waals surface area contributed by atoms with Crippen LogP contribution in [-0.2, 0) is 6.54 Å². The molecule has 2 aromatic carbocycles. The van der Waals surface area contributed by atoms with Gasteiger partial charge in [0.05, 0.1) is 23.4 Å². The molecule has 0 aliphatic rings. The summed E-state index contributed by atoms with van der Waals surface area (Å²) in [5.41, 5.74) is 4.31. The number of nitrogens with one attached hydrogen (secondary N) is 1. The molecular weight excluding hydrogens is 400 g/mol. The number of nitriles is 1. The van der Waals surface area contributed by atoms with Gasteiger partial charge in [0.1, 0.15) is 17.5 Å². The van der Waals surface area contributed by atoms with Crippen LogP contribution in [0.25, 0.3) is 22.2 Å². The van der Waals surface area contributed by atoms with Gasteiger partial charge in [0, 0.05) is 36.2 Å². The number of quaternary nitrogens is 1.